The minimum atomic E-state index is -0.435. The van der Waals surface area contributed by atoms with E-state index in [1.165, 1.54) is 9.13 Å². The molecule has 2 heterocycles. The highest BCUT2D eigenvalue weighted by Gasteiger charge is 2.19. The number of nitrogens with zero attached hydrogens (tertiary/aromatic N) is 4. The molecule has 0 atom stereocenters. The number of aryl methyl sites for hydroxylation is 1. The third kappa shape index (κ3) is 2.93. The highest BCUT2D eigenvalue weighted by molar-refractivity contribution is 5.82. The first-order valence-corrected chi connectivity index (χ1v) is 8.90. The summed E-state index contributed by atoms with van der Waals surface area (Å²) in [7, 11) is 1.60. The molecule has 138 valence electrons. The zero-order chi connectivity index (χ0) is 19.7. The van der Waals surface area contributed by atoms with Crippen LogP contribution < -0.4 is 11.2 Å². The summed E-state index contributed by atoms with van der Waals surface area (Å²) in [6.45, 7) is 0.624. The predicted octanol–water partition coefficient (Wildman–Crippen LogP) is 2.47. The first kappa shape index (κ1) is 17.6. The van der Waals surface area contributed by atoms with Gasteiger partial charge in [0.25, 0.3) is 5.56 Å². The van der Waals surface area contributed by atoms with Gasteiger partial charge >= 0.3 is 5.69 Å². The van der Waals surface area contributed by atoms with E-state index >= 15 is 0 Å². The molecular formula is C22H18N4O2. The van der Waals surface area contributed by atoms with Crippen molar-refractivity contribution < 1.29 is 0 Å². The molecule has 0 bridgehead atoms. The Balaban J connectivity index is 1.96. The topological polar surface area (TPSA) is 72.7 Å². The van der Waals surface area contributed by atoms with Crippen molar-refractivity contribution in [1.82, 2.24) is 13.7 Å². The summed E-state index contributed by atoms with van der Waals surface area (Å²) in [6.07, 6.45) is 1.64. The van der Waals surface area contributed by atoms with Crippen LogP contribution in [0, 0.1) is 11.3 Å². The maximum absolute atomic E-state index is 13.3. The molecule has 0 amide bonds. The Kier molecular flexibility index (Phi) is 4.42. The molecule has 4 aromatic rings. The summed E-state index contributed by atoms with van der Waals surface area (Å²) in [5.41, 5.74) is 2.09. The molecule has 28 heavy (non-hydrogen) atoms. The standard InChI is InChI=1S/C22H18N4O2/c1-24-19-18(12-23)15-25(13-16-8-4-2-5-9-16)20(19)21(27)26(22(24)28)14-17-10-6-3-7-11-17/h2-11,15H,13-14H2,1H3. The number of fused-ring (bicyclic) bond motifs is 1. The van der Waals surface area contributed by atoms with Gasteiger partial charge < -0.3 is 4.57 Å². The monoisotopic (exact) mass is 370 g/mol. The average Bonchev–Trinajstić information content (AvgIpc) is 3.09. The molecule has 6 nitrogen and oxygen atoms in total. The van der Waals surface area contributed by atoms with Crippen LogP contribution in [0.5, 0.6) is 0 Å². The lowest BCUT2D eigenvalue weighted by Crippen LogP contribution is -2.40. The molecule has 0 aliphatic heterocycles. The van der Waals surface area contributed by atoms with Crippen molar-refractivity contribution in [3.05, 3.63) is 104 Å². The average molecular weight is 370 g/mol. The van der Waals surface area contributed by atoms with Crippen LogP contribution in [-0.4, -0.2) is 13.7 Å². The van der Waals surface area contributed by atoms with Gasteiger partial charge in [-0.2, -0.15) is 5.26 Å². The maximum atomic E-state index is 13.3. The van der Waals surface area contributed by atoms with E-state index in [9.17, 15) is 14.9 Å². The van der Waals surface area contributed by atoms with Gasteiger partial charge in [-0.25, -0.2) is 4.79 Å². The van der Waals surface area contributed by atoms with Gasteiger partial charge in [0, 0.05) is 19.8 Å². The first-order valence-electron chi connectivity index (χ1n) is 8.90. The van der Waals surface area contributed by atoms with Gasteiger partial charge in [-0.3, -0.25) is 13.9 Å². The molecule has 0 radical (unpaired) electrons. The van der Waals surface area contributed by atoms with Crippen LogP contribution in [0.2, 0.25) is 0 Å². The fourth-order valence-corrected chi connectivity index (χ4v) is 3.49. The Bertz CT molecular complexity index is 1310. The summed E-state index contributed by atoms with van der Waals surface area (Å²) in [4.78, 5) is 26.1. The quantitative estimate of drug-likeness (QED) is 0.554. The lowest BCUT2D eigenvalue weighted by Gasteiger charge is -2.11. The molecule has 4 rings (SSSR count). The van der Waals surface area contributed by atoms with Crippen LogP contribution >= 0.6 is 0 Å². The van der Waals surface area contributed by atoms with Crippen molar-refractivity contribution in [2.45, 2.75) is 13.1 Å². The zero-order valence-electron chi connectivity index (χ0n) is 15.4. The molecule has 0 spiro atoms. The first-order chi connectivity index (χ1) is 13.6. The molecule has 0 unspecified atom stereocenters. The van der Waals surface area contributed by atoms with Gasteiger partial charge in [0.1, 0.15) is 11.6 Å². The van der Waals surface area contributed by atoms with Gasteiger partial charge in [-0.1, -0.05) is 60.7 Å². The second kappa shape index (κ2) is 7.05. The molecule has 0 saturated heterocycles. The van der Waals surface area contributed by atoms with Gasteiger partial charge in [-0.05, 0) is 11.1 Å². The molecule has 0 aliphatic carbocycles. The van der Waals surface area contributed by atoms with Crippen LogP contribution in [0.15, 0.2) is 76.4 Å². The zero-order valence-corrected chi connectivity index (χ0v) is 15.4. The van der Waals surface area contributed by atoms with E-state index in [0.717, 1.165) is 11.1 Å². The molecule has 0 N–H and O–H groups in total. The Morgan fingerprint density at radius 2 is 1.43 bits per heavy atom. The van der Waals surface area contributed by atoms with Crippen LogP contribution in [0.3, 0.4) is 0 Å². The van der Waals surface area contributed by atoms with E-state index in [0.29, 0.717) is 23.1 Å². The normalized spacial score (nSPS) is 10.9. The molecule has 2 aromatic carbocycles. The minimum Gasteiger partial charge on any atom is -0.336 e. The summed E-state index contributed by atoms with van der Waals surface area (Å²) in [5, 5.41) is 9.54. The van der Waals surface area contributed by atoms with E-state index in [1.807, 2.05) is 60.7 Å². The van der Waals surface area contributed by atoms with Crippen LogP contribution in [0.25, 0.3) is 11.0 Å². The summed E-state index contributed by atoms with van der Waals surface area (Å²) in [5.74, 6) is 0. The molecular weight excluding hydrogens is 352 g/mol. The van der Waals surface area contributed by atoms with Crippen LogP contribution in [0.4, 0.5) is 0 Å². The van der Waals surface area contributed by atoms with Crippen molar-refractivity contribution in [3.63, 3.8) is 0 Å². The Morgan fingerprint density at radius 1 is 0.857 bits per heavy atom. The Hall–Kier alpha value is -3.85. The molecule has 0 saturated carbocycles. The second-order valence-corrected chi connectivity index (χ2v) is 6.68. The molecule has 6 heteroatoms. The largest absolute Gasteiger partial charge is 0.336 e. The van der Waals surface area contributed by atoms with E-state index in [-0.39, 0.29) is 12.1 Å². The SMILES string of the molecule is Cn1c(=O)n(Cc2ccccc2)c(=O)c2c1c(C#N)cn2Cc1ccccc1. The number of hydrogen-bond donors (Lipinski definition) is 0. The van der Waals surface area contributed by atoms with Gasteiger partial charge in [0.2, 0.25) is 0 Å². The third-order valence-electron chi connectivity index (χ3n) is 4.85. The van der Waals surface area contributed by atoms with Crippen molar-refractivity contribution >= 4 is 11.0 Å². The smallest absolute Gasteiger partial charge is 0.331 e. The van der Waals surface area contributed by atoms with E-state index in [4.69, 9.17) is 0 Å². The Morgan fingerprint density at radius 3 is 2.00 bits per heavy atom. The third-order valence-corrected chi connectivity index (χ3v) is 4.85. The molecule has 0 fully saturated rings. The highest BCUT2D eigenvalue weighted by atomic mass is 16.2. The van der Waals surface area contributed by atoms with Crippen molar-refractivity contribution in [2.75, 3.05) is 0 Å². The van der Waals surface area contributed by atoms with Crippen molar-refractivity contribution in [2.24, 2.45) is 7.05 Å². The summed E-state index contributed by atoms with van der Waals surface area (Å²) < 4.78 is 4.37. The Labute approximate surface area is 161 Å². The van der Waals surface area contributed by atoms with E-state index < -0.39 is 5.69 Å². The van der Waals surface area contributed by atoms with Crippen molar-refractivity contribution in [1.29, 1.82) is 5.26 Å². The number of hydrogen-bond acceptors (Lipinski definition) is 3. The molecule has 0 aliphatic rings. The number of benzene rings is 2. The fourth-order valence-electron chi connectivity index (χ4n) is 3.49. The number of aromatic nitrogens is 3. The van der Waals surface area contributed by atoms with E-state index in [1.54, 1.807) is 17.8 Å². The lowest BCUT2D eigenvalue weighted by molar-refractivity contribution is 0.654. The molecule has 2 aromatic heterocycles. The maximum Gasteiger partial charge on any atom is 0.331 e. The number of rotatable bonds is 4. The van der Waals surface area contributed by atoms with Crippen LogP contribution in [0.1, 0.15) is 16.7 Å². The van der Waals surface area contributed by atoms with E-state index in [2.05, 4.69) is 6.07 Å². The van der Waals surface area contributed by atoms with Gasteiger partial charge in [-0.15, -0.1) is 0 Å². The fraction of sp³-hybridized carbons (Fsp3) is 0.136. The van der Waals surface area contributed by atoms with Gasteiger partial charge in [0.15, 0.2) is 0 Å². The number of nitriles is 1. The van der Waals surface area contributed by atoms with Crippen LogP contribution in [-0.2, 0) is 20.1 Å². The van der Waals surface area contributed by atoms with Gasteiger partial charge in [0.05, 0.1) is 17.6 Å². The summed E-state index contributed by atoms with van der Waals surface area (Å²) in [6, 6.07) is 21.2. The minimum absolute atomic E-state index is 0.181. The predicted molar refractivity (Wildman–Crippen MR) is 107 cm³/mol. The van der Waals surface area contributed by atoms with Crippen molar-refractivity contribution in [3.8, 4) is 6.07 Å². The summed E-state index contributed by atoms with van der Waals surface area (Å²) >= 11 is 0. The second-order valence-electron chi connectivity index (χ2n) is 6.68. The lowest BCUT2D eigenvalue weighted by atomic mass is 10.2. The highest BCUT2D eigenvalue weighted by Crippen LogP contribution is 2.18.